The maximum Gasteiger partial charge on any atom is 0.238 e. The average molecular weight is 265 g/mol. The van der Waals surface area contributed by atoms with E-state index in [4.69, 9.17) is 10.5 Å². The van der Waals surface area contributed by atoms with Crippen LogP contribution in [0.4, 0.5) is 5.69 Å². The molecule has 1 aromatic carbocycles. The first-order valence-electron chi connectivity index (χ1n) is 6.40. The molecule has 0 spiro atoms. The molecule has 19 heavy (non-hydrogen) atoms. The van der Waals surface area contributed by atoms with Gasteiger partial charge in [-0.2, -0.15) is 0 Å². The summed E-state index contributed by atoms with van der Waals surface area (Å²) in [5.41, 5.74) is 7.23. The van der Waals surface area contributed by atoms with E-state index in [-0.39, 0.29) is 5.91 Å². The second-order valence-corrected chi connectivity index (χ2v) is 4.63. The van der Waals surface area contributed by atoms with E-state index >= 15 is 0 Å². The number of amides is 1. The Hall–Kier alpha value is -1.59. The molecular weight excluding hydrogens is 242 g/mol. The molecule has 0 bridgehead atoms. The van der Waals surface area contributed by atoms with E-state index in [1.54, 1.807) is 7.11 Å². The zero-order valence-electron chi connectivity index (χ0n) is 11.9. The highest BCUT2D eigenvalue weighted by Crippen LogP contribution is 2.24. The predicted molar refractivity (Wildman–Crippen MR) is 77.5 cm³/mol. The van der Waals surface area contributed by atoms with Crippen LogP contribution in [0.3, 0.4) is 0 Å². The lowest BCUT2D eigenvalue weighted by molar-refractivity contribution is -0.117. The third-order valence-electron chi connectivity index (χ3n) is 2.79. The number of likely N-dealkylation sites (N-methyl/N-ethyl adjacent to an activating group) is 1. The number of nitrogens with one attached hydrogen (secondary N) is 1. The van der Waals surface area contributed by atoms with Crippen LogP contribution in [-0.4, -0.2) is 44.6 Å². The molecule has 0 aromatic heterocycles. The highest BCUT2D eigenvalue weighted by atomic mass is 16.5. The standard InChI is InChI=1S/C14H23N3O2/c1-11-5-6-13(19-3)12(9-11)16-14(18)10-17(2)8-4-7-15/h5-6,9H,4,7-8,10,15H2,1-3H3,(H,16,18). The van der Waals surface area contributed by atoms with E-state index in [1.807, 2.05) is 37.1 Å². The number of benzene rings is 1. The first-order chi connectivity index (χ1) is 9.06. The molecule has 0 aliphatic carbocycles. The topological polar surface area (TPSA) is 67.6 Å². The van der Waals surface area contributed by atoms with Crippen LogP contribution in [0, 0.1) is 6.92 Å². The first-order valence-corrected chi connectivity index (χ1v) is 6.40. The van der Waals surface area contributed by atoms with Crippen LogP contribution >= 0.6 is 0 Å². The fourth-order valence-electron chi connectivity index (χ4n) is 1.79. The maximum atomic E-state index is 11.9. The van der Waals surface area contributed by atoms with Crippen molar-refractivity contribution < 1.29 is 9.53 Å². The van der Waals surface area contributed by atoms with E-state index in [9.17, 15) is 4.79 Å². The summed E-state index contributed by atoms with van der Waals surface area (Å²) in [5.74, 6) is 0.618. The Bertz CT molecular complexity index is 421. The SMILES string of the molecule is COc1ccc(C)cc1NC(=O)CN(C)CCCN. The predicted octanol–water partition coefficient (Wildman–Crippen LogP) is 1.22. The van der Waals surface area contributed by atoms with E-state index < -0.39 is 0 Å². The molecule has 0 aliphatic heterocycles. The summed E-state index contributed by atoms with van der Waals surface area (Å²) >= 11 is 0. The monoisotopic (exact) mass is 265 g/mol. The maximum absolute atomic E-state index is 11.9. The molecular formula is C14H23N3O2. The second kappa shape index (κ2) is 7.76. The molecule has 106 valence electrons. The van der Waals surface area contributed by atoms with Gasteiger partial charge >= 0.3 is 0 Å². The Balaban J connectivity index is 2.59. The Labute approximate surface area is 114 Å². The second-order valence-electron chi connectivity index (χ2n) is 4.63. The van der Waals surface area contributed by atoms with Gasteiger partial charge in [0.15, 0.2) is 0 Å². The smallest absolute Gasteiger partial charge is 0.238 e. The van der Waals surface area contributed by atoms with Gasteiger partial charge in [0.1, 0.15) is 5.75 Å². The van der Waals surface area contributed by atoms with Crippen molar-refractivity contribution in [2.45, 2.75) is 13.3 Å². The van der Waals surface area contributed by atoms with E-state index in [2.05, 4.69) is 5.32 Å². The molecule has 5 heteroatoms. The summed E-state index contributed by atoms with van der Waals surface area (Å²) in [5, 5.41) is 2.87. The number of carbonyl (C=O) groups is 1. The van der Waals surface area contributed by atoms with Gasteiger partial charge < -0.3 is 15.8 Å². The summed E-state index contributed by atoms with van der Waals surface area (Å²) < 4.78 is 5.23. The summed E-state index contributed by atoms with van der Waals surface area (Å²) in [6.07, 6.45) is 0.886. The van der Waals surface area contributed by atoms with Crippen LogP contribution in [0.25, 0.3) is 0 Å². The lowest BCUT2D eigenvalue weighted by atomic mass is 10.2. The number of hydrogen-bond donors (Lipinski definition) is 2. The Morgan fingerprint density at radius 2 is 2.21 bits per heavy atom. The molecule has 0 unspecified atom stereocenters. The molecule has 5 nitrogen and oxygen atoms in total. The van der Waals surface area contributed by atoms with Gasteiger partial charge in [-0.1, -0.05) is 6.07 Å². The van der Waals surface area contributed by atoms with Crippen LogP contribution in [0.15, 0.2) is 18.2 Å². The van der Waals surface area contributed by atoms with Crippen molar-refractivity contribution in [3.8, 4) is 5.75 Å². The van der Waals surface area contributed by atoms with Crippen molar-refractivity contribution in [2.75, 3.05) is 39.1 Å². The Kier molecular flexibility index (Phi) is 6.32. The van der Waals surface area contributed by atoms with Crippen molar-refractivity contribution in [1.29, 1.82) is 0 Å². The molecule has 3 N–H and O–H groups in total. The van der Waals surface area contributed by atoms with Gasteiger partial charge in [0.25, 0.3) is 0 Å². The summed E-state index contributed by atoms with van der Waals surface area (Å²) in [6, 6.07) is 5.70. The molecule has 0 heterocycles. The lowest BCUT2D eigenvalue weighted by Crippen LogP contribution is -2.31. The number of hydrogen-bond acceptors (Lipinski definition) is 4. The Morgan fingerprint density at radius 1 is 1.47 bits per heavy atom. The molecule has 0 saturated heterocycles. The van der Waals surface area contributed by atoms with Crippen molar-refractivity contribution in [3.05, 3.63) is 23.8 Å². The number of nitrogens with zero attached hydrogens (tertiary/aromatic N) is 1. The molecule has 0 saturated carbocycles. The third kappa shape index (κ3) is 5.28. The number of nitrogens with two attached hydrogens (primary N) is 1. The number of methoxy groups -OCH3 is 1. The van der Waals surface area contributed by atoms with Crippen molar-refractivity contribution >= 4 is 11.6 Å². The quantitative estimate of drug-likeness (QED) is 0.778. The van der Waals surface area contributed by atoms with Crippen LogP contribution in [0.5, 0.6) is 5.75 Å². The molecule has 1 amide bonds. The number of rotatable bonds is 7. The number of aryl methyl sites for hydroxylation is 1. The highest BCUT2D eigenvalue weighted by Gasteiger charge is 2.10. The van der Waals surface area contributed by atoms with Crippen LogP contribution in [0.1, 0.15) is 12.0 Å². The minimum absolute atomic E-state index is 0.0524. The summed E-state index contributed by atoms with van der Waals surface area (Å²) in [7, 11) is 3.50. The highest BCUT2D eigenvalue weighted by molar-refractivity contribution is 5.93. The molecule has 1 rings (SSSR count). The van der Waals surface area contributed by atoms with Gasteiger partial charge in [0.05, 0.1) is 19.3 Å². The largest absolute Gasteiger partial charge is 0.495 e. The number of anilines is 1. The molecule has 0 aliphatic rings. The van der Waals surface area contributed by atoms with E-state index in [0.29, 0.717) is 24.5 Å². The molecule has 0 radical (unpaired) electrons. The van der Waals surface area contributed by atoms with Crippen molar-refractivity contribution in [2.24, 2.45) is 5.73 Å². The van der Waals surface area contributed by atoms with Crippen LogP contribution < -0.4 is 15.8 Å². The average Bonchev–Trinajstić information content (AvgIpc) is 2.36. The zero-order chi connectivity index (χ0) is 14.3. The fourth-order valence-corrected chi connectivity index (χ4v) is 1.79. The van der Waals surface area contributed by atoms with Gasteiger partial charge in [-0.3, -0.25) is 9.69 Å². The van der Waals surface area contributed by atoms with Gasteiger partial charge in [-0.05, 0) is 51.2 Å². The van der Waals surface area contributed by atoms with Crippen LogP contribution in [-0.2, 0) is 4.79 Å². The van der Waals surface area contributed by atoms with Gasteiger partial charge in [-0.15, -0.1) is 0 Å². The molecule has 1 aromatic rings. The van der Waals surface area contributed by atoms with Crippen LogP contribution in [0.2, 0.25) is 0 Å². The minimum atomic E-state index is -0.0524. The number of carbonyl (C=O) groups excluding carboxylic acids is 1. The van der Waals surface area contributed by atoms with E-state index in [0.717, 1.165) is 18.5 Å². The fraction of sp³-hybridized carbons (Fsp3) is 0.500. The molecule has 0 fully saturated rings. The summed E-state index contributed by atoms with van der Waals surface area (Å²) in [4.78, 5) is 13.9. The number of ether oxygens (including phenoxy) is 1. The van der Waals surface area contributed by atoms with Crippen molar-refractivity contribution in [3.63, 3.8) is 0 Å². The third-order valence-corrected chi connectivity index (χ3v) is 2.79. The zero-order valence-corrected chi connectivity index (χ0v) is 11.9. The summed E-state index contributed by atoms with van der Waals surface area (Å²) in [6.45, 7) is 3.77. The minimum Gasteiger partial charge on any atom is -0.495 e. The van der Waals surface area contributed by atoms with Gasteiger partial charge in [0.2, 0.25) is 5.91 Å². The molecule has 0 atom stereocenters. The van der Waals surface area contributed by atoms with Crippen molar-refractivity contribution in [1.82, 2.24) is 4.90 Å². The van der Waals surface area contributed by atoms with Gasteiger partial charge in [-0.25, -0.2) is 0 Å². The lowest BCUT2D eigenvalue weighted by Gasteiger charge is -2.16. The Morgan fingerprint density at radius 3 is 2.84 bits per heavy atom. The first kappa shape index (κ1) is 15.5. The van der Waals surface area contributed by atoms with Gasteiger partial charge in [0, 0.05) is 0 Å². The van der Waals surface area contributed by atoms with E-state index in [1.165, 1.54) is 0 Å². The normalized spacial score (nSPS) is 10.6.